The predicted molar refractivity (Wildman–Crippen MR) is 119 cm³/mol. The van der Waals surface area contributed by atoms with Crippen LogP contribution in [0.25, 0.3) is 0 Å². The largest absolute Gasteiger partial charge is 0.481 e. The van der Waals surface area contributed by atoms with Gasteiger partial charge in [0.25, 0.3) is 5.91 Å². The first-order valence-electron chi connectivity index (χ1n) is 10.8. The maximum absolute atomic E-state index is 13.1. The number of aryl methyl sites for hydroxylation is 1. The summed E-state index contributed by atoms with van der Waals surface area (Å²) in [6.07, 6.45) is 5.76. The number of rotatable bonds is 6. The van der Waals surface area contributed by atoms with Crippen LogP contribution in [0.5, 0.6) is 0 Å². The lowest BCUT2D eigenvalue weighted by atomic mass is 9.76. The second kappa shape index (κ2) is 9.33. The van der Waals surface area contributed by atoms with Gasteiger partial charge in [0, 0.05) is 10.9 Å². The van der Waals surface area contributed by atoms with Gasteiger partial charge < -0.3 is 15.7 Å². The zero-order chi connectivity index (χ0) is 22.0. The molecule has 1 saturated carbocycles. The van der Waals surface area contributed by atoms with E-state index in [1.165, 1.54) is 11.3 Å². The number of thiophene rings is 1. The molecule has 2 atom stereocenters. The number of hydrogen-bond donors (Lipinski definition) is 3. The van der Waals surface area contributed by atoms with Gasteiger partial charge in [-0.05, 0) is 58.4 Å². The summed E-state index contributed by atoms with van der Waals surface area (Å²) in [5.41, 5.74) is 3.62. The molecule has 30 heavy (non-hydrogen) atoms. The van der Waals surface area contributed by atoms with Gasteiger partial charge in [0.1, 0.15) is 5.00 Å². The Bertz CT molecular complexity index is 880. The molecular weight excluding hydrogens is 400 g/mol. The van der Waals surface area contributed by atoms with Crippen LogP contribution in [0, 0.1) is 18.8 Å². The van der Waals surface area contributed by atoms with Crippen LogP contribution in [0.4, 0.5) is 5.00 Å². The Balaban J connectivity index is 1.85. The summed E-state index contributed by atoms with van der Waals surface area (Å²) in [5, 5.41) is 16.3. The van der Waals surface area contributed by atoms with Crippen LogP contribution in [0.1, 0.15) is 80.1 Å². The lowest BCUT2D eigenvalue weighted by Gasteiger charge is -2.29. The van der Waals surface area contributed by atoms with Crippen LogP contribution in [-0.4, -0.2) is 28.9 Å². The summed E-state index contributed by atoms with van der Waals surface area (Å²) in [7, 11) is 0. The van der Waals surface area contributed by atoms with E-state index in [9.17, 15) is 19.5 Å². The second-order valence-corrected chi connectivity index (χ2v) is 9.88. The Hall–Kier alpha value is -2.15. The van der Waals surface area contributed by atoms with Crippen molar-refractivity contribution in [1.29, 1.82) is 0 Å². The molecule has 0 radical (unpaired) electrons. The molecule has 0 aliphatic heterocycles. The van der Waals surface area contributed by atoms with E-state index in [0.717, 1.165) is 47.3 Å². The molecule has 1 aromatic rings. The molecule has 0 aromatic carbocycles. The maximum atomic E-state index is 13.1. The van der Waals surface area contributed by atoms with Crippen molar-refractivity contribution in [3.8, 4) is 0 Å². The van der Waals surface area contributed by atoms with Crippen LogP contribution in [0.15, 0.2) is 11.1 Å². The first-order valence-corrected chi connectivity index (χ1v) is 11.7. The third-order valence-electron chi connectivity index (χ3n) is 6.64. The van der Waals surface area contributed by atoms with Crippen molar-refractivity contribution < 1.29 is 19.5 Å². The van der Waals surface area contributed by atoms with E-state index < -0.39 is 17.8 Å². The van der Waals surface area contributed by atoms with Gasteiger partial charge in [-0.3, -0.25) is 14.4 Å². The van der Waals surface area contributed by atoms with E-state index in [1.807, 2.05) is 27.7 Å². The highest BCUT2D eigenvalue weighted by Crippen LogP contribution is 2.38. The van der Waals surface area contributed by atoms with E-state index in [4.69, 9.17) is 0 Å². The third kappa shape index (κ3) is 4.61. The minimum atomic E-state index is -0.946. The van der Waals surface area contributed by atoms with Crippen molar-refractivity contribution in [2.75, 3.05) is 5.32 Å². The van der Waals surface area contributed by atoms with Gasteiger partial charge in [0.2, 0.25) is 5.91 Å². The third-order valence-corrected chi connectivity index (χ3v) is 7.70. The molecule has 3 N–H and O–H groups in total. The van der Waals surface area contributed by atoms with Crippen molar-refractivity contribution >= 4 is 34.1 Å². The Morgan fingerprint density at radius 3 is 2.20 bits per heavy atom. The van der Waals surface area contributed by atoms with Crippen LogP contribution in [-0.2, 0) is 16.0 Å². The summed E-state index contributed by atoms with van der Waals surface area (Å²) < 4.78 is 0. The highest BCUT2D eigenvalue weighted by atomic mass is 32.1. The minimum Gasteiger partial charge on any atom is -0.481 e. The van der Waals surface area contributed by atoms with Gasteiger partial charge in [-0.1, -0.05) is 30.9 Å². The predicted octanol–water partition coefficient (Wildman–Crippen LogP) is 4.68. The van der Waals surface area contributed by atoms with Gasteiger partial charge in [-0.25, -0.2) is 0 Å². The molecule has 1 heterocycles. The standard InChI is InChI=1S/C23H32N2O4S/c1-5-16-14(4)30-22(19(16)21(27)24-15-8-6-7-9-15)25-20(26)17-10-12(2)13(3)11-18(17)23(28)29/h15,17-18H,5-11H2,1-4H3,(H,24,27)(H,25,26)(H,28,29)/t17-,18+/m1/s1. The fraction of sp³-hybridized carbons (Fsp3) is 0.609. The fourth-order valence-corrected chi connectivity index (χ4v) is 5.84. The van der Waals surface area contributed by atoms with Crippen molar-refractivity contribution in [1.82, 2.24) is 5.32 Å². The summed E-state index contributed by atoms with van der Waals surface area (Å²) in [6, 6.07) is 0.191. The summed E-state index contributed by atoms with van der Waals surface area (Å²) >= 11 is 1.40. The van der Waals surface area contributed by atoms with Crippen LogP contribution < -0.4 is 10.6 Å². The maximum Gasteiger partial charge on any atom is 0.307 e. The molecule has 6 nitrogen and oxygen atoms in total. The van der Waals surface area contributed by atoms with E-state index in [1.54, 1.807) is 0 Å². The summed E-state index contributed by atoms with van der Waals surface area (Å²) in [4.78, 5) is 39.0. The SMILES string of the molecule is CCc1c(C)sc(NC(=O)[C@@H]2CC(C)=C(C)C[C@@H]2C(=O)O)c1C(=O)NC1CCCC1. The molecule has 3 rings (SSSR count). The molecule has 2 aliphatic carbocycles. The van der Waals surface area contributed by atoms with Gasteiger partial charge >= 0.3 is 5.97 Å². The molecule has 0 unspecified atom stereocenters. The van der Waals surface area contributed by atoms with Gasteiger partial charge in [-0.2, -0.15) is 0 Å². The zero-order valence-corrected chi connectivity index (χ0v) is 19.1. The topological polar surface area (TPSA) is 95.5 Å². The number of anilines is 1. The van der Waals surface area contributed by atoms with Crippen LogP contribution >= 0.6 is 11.3 Å². The molecule has 164 valence electrons. The number of carboxylic acid groups (broad SMARTS) is 1. The Kier molecular flexibility index (Phi) is 7.01. The van der Waals surface area contributed by atoms with Crippen molar-refractivity contribution in [2.45, 2.75) is 78.7 Å². The smallest absolute Gasteiger partial charge is 0.307 e. The monoisotopic (exact) mass is 432 g/mol. The number of aliphatic carboxylic acids is 1. The summed E-state index contributed by atoms with van der Waals surface area (Å²) in [6.45, 7) is 7.85. The first kappa shape index (κ1) is 22.5. The molecule has 2 amide bonds. The molecule has 2 aliphatic rings. The van der Waals surface area contributed by atoms with Crippen LogP contribution in [0.2, 0.25) is 0 Å². The van der Waals surface area contributed by atoms with Crippen molar-refractivity contribution in [3.63, 3.8) is 0 Å². The molecule has 1 aromatic heterocycles. The Morgan fingerprint density at radius 1 is 1.03 bits per heavy atom. The molecule has 1 fully saturated rings. The quantitative estimate of drug-likeness (QED) is 0.569. The van der Waals surface area contributed by atoms with Gasteiger partial charge in [-0.15, -0.1) is 11.3 Å². The lowest BCUT2D eigenvalue weighted by molar-refractivity contribution is -0.146. The zero-order valence-electron chi connectivity index (χ0n) is 18.3. The molecule has 7 heteroatoms. The number of hydrogen-bond acceptors (Lipinski definition) is 4. The average Bonchev–Trinajstić information content (AvgIpc) is 3.30. The van der Waals surface area contributed by atoms with E-state index in [0.29, 0.717) is 29.8 Å². The number of carbonyl (C=O) groups is 3. The van der Waals surface area contributed by atoms with Gasteiger partial charge in [0.15, 0.2) is 0 Å². The number of carboxylic acids is 1. The first-order chi connectivity index (χ1) is 14.2. The van der Waals surface area contributed by atoms with E-state index in [2.05, 4.69) is 10.6 Å². The number of amides is 2. The van der Waals surface area contributed by atoms with Crippen molar-refractivity contribution in [2.24, 2.45) is 11.8 Å². The second-order valence-electron chi connectivity index (χ2n) is 8.66. The highest BCUT2D eigenvalue weighted by Gasteiger charge is 2.38. The van der Waals surface area contributed by atoms with Crippen LogP contribution in [0.3, 0.4) is 0 Å². The van der Waals surface area contributed by atoms with E-state index >= 15 is 0 Å². The molecule has 0 spiro atoms. The lowest BCUT2D eigenvalue weighted by Crippen LogP contribution is -2.37. The minimum absolute atomic E-state index is 0.135. The normalized spacial score (nSPS) is 22.3. The summed E-state index contributed by atoms with van der Waals surface area (Å²) in [5.74, 6) is -2.77. The fourth-order valence-electron chi connectivity index (χ4n) is 4.69. The number of carbonyl (C=O) groups excluding carboxylic acids is 2. The number of nitrogens with one attached hydrogen (secondary N) is 2. The van der Waals surface area contributed by atoms with E-state index in [-0.39, 0.29) is 17.9 Å². The molecular formula is C23H32N2O4S. The van der Waals surface area contributed by atoms with Gasteiger partial charge in [0.05, 0.1) is 17.4 Å². The Labute approximate surface area is 182 Å². The number of allylic oxidation sites excluding steroid dienone is 2. The molecule has 0 bridgehead atoms. The molecule has 0 saturated heterocycles. The Morgan fingerprint density at radius 2 is 1.63 bits per heavy atom. The van der Waals surface area contributed by atoms with Crippen molar-refractivity contribution in [3.05, 3.63) is 27.2 Å². The highest BCUT2D eigenvalue weighted by molar-refractivity contribution is 7.16. The average molecular weight is 433 g/mol.